The molecule has 5 nitrogen and oxygen atoms in total. The van der Waals surface area contributed by atoms with Crippen molar-refractivity contribution in [1.82, 2.24) is 15.0 Å². The van der Waals surface area contributed by atoms with Gasteiger partial charge in [-0.25, -0.2) is 15.0 Å². The van der Waals surface area contributed by atoms with Crippen LogP contribution in [0, 0.1) is 0 Å². The summed E-state index contributed by atoms with van der Waals surface area (Å²) in [5, 5.41) is 11.0. The summed E-state index contributed by atoms with van der Waals surface area (Å²) in [5.41, 5.74) is 8.52. The molecule has 0 atom stereocenters. The predicted molar refractivity (Wildman–Crippen MR) is 229 cm³/mol. The first kappa shape index (κ1) is 30.8. The quantitative estimate of drug-likeness (QED) is 0.181. The Morgan fingerprint density at radius 1 is 0.286 bits per heavy atom. The molecule has 0 saturated carbocycles. The lowest BCUT2D eigenvalue weighted by Crippen LogP contribution is -2.01. The summed E-state index contributed by atoms with van der Waals surface area (Å²) < 4.78 is 12.6. The van der Waals surface area contributed by atoms with E-state index in [1.54, 1.807) is 0 Å². The van der Waals surface area contributed by atoms with Crippen LogP contribution in [0.25, 0.3) is 121 Å². The summed E-state index contributed by atoms with van der Waals surface area (Å²) in [4.78, 5) is 15.7. The van der Waals surface area contributed by atoms with Crippen molar-refractivity contribution in [2.24, 2.45) is 0 Å². The minimum Gasteiger partial charge on any atom is -0.456 e. The van der Waals surface area contributed by atoms with Gasteiger partial charge in [0.25, 0.3) is 0 Å². The Morgan fingerprint density at radius 2 is 0.857 bits per heavy atom. The first-order valence-corrected chi connectivity index (χ1v) is 18.8. The Labute approximate surface area is 320 Å². The second-order valence-electron chi connectivity index (χ2n) is 14.3. The van der Waals surface area contributed by atoms with Crippen LogP contribution in [0.1, 0.15) is 0 Å². The molecule has 0 aliphatic rings. The van der Waals surface area contributed by atoms with Crippen molar-refractivity contribution in [1.29, 1.82) is 0 Å². The van der Waals surface area contributed by atoms with Crippen molar-refractivity contribution in [2.45, 2.75) is 0 Å². The molecule has 260 valence electrons. The lowest BCUT2D eigenvalue weighted by atomic mass is 9.92. The van der Waals surface area contributed by atoms with Gasteiger partial charge in [-0.05, 0) is 85.9 Å². The lowest BCUT2D eigenvalue weighted by Gasteiger charge is -2.14. The molecule has 0 saturated heterocycles. The van der Waals surface area contributed by atoms with E-state index in [9.17, 15) is 0 Å². The van der Waals surface area contributed by atoms with Gasteiger partial charge in [0, 0.05) is 38.2 Å². The maximum absolute atomic E-state index is 6.29. The summed E-state index contributed by atoms with van der Waals surface area (Å²) >= 11 is 0. The number of furan rings is 2. The Hall–Kier alpha value is -7.63. The molecular formula is C51H29N3O2. The number of hydrogen-bond acceptors (Lipinski definition) is 5. The van der Waals surface area contributed by atoms with Crippen LogP contribution in [-0.4, -0.2) is 15.0 Å². The smallest absolute Gasteiger partial charge is 0.164 e. The first-order valence-electron chi connectivity index (χ1n) is 18.8. The van der Waals surface area contributed by atoms with Crippen LogP contribution in [0.15, 0.2) is 185 Å². The number of rotatable bonds is 4. The molecule has 0 fully saturated rings. The van der Waals surface area contributed by atoms with Gasteiger partial charge in [-0.15, -0.1) is 0 Å². The number of hydrogen-bond donors (Lipinski definition) is 0. The molecule has 0 bridgehead atoms. The van der Waals surface area contributed by atoms with E-state index in [1.165, 1.54) is 0 Å². The number of aromatic nitrogens is 3. The third-order valence-electron chi connectivity index (χ3n) is 11.1. The number of para-hydroxylation sites is 2. The van der Waals surface area contributed by atoms with Gasteiger partial charge in [0.1, 0.15) is 22.3 Å². The topological polar surface area (TPSA) is 65.0 Å². The third-order valence-corrected chi connectivity index (χ3v) is 11.1. The van der Waals surface area contributed by atoms with E-state index in [1.807, 2.05) is 30.3 Å². The molecule has 12 aromatic rings. The zero-order chi connectivity index (χ0) is 36.7. The summed E-state index contributed by atoms with van der Waals surface area (Å²) in [6.45, 7) is 0. The summed E-state index contributed by atoms with van der Waals surface area (Å²) in [5.74, 6) is 1.84. The van der Waals surface area contributed by atoms with Gasteiger partial charge in [0.05, 0.1) is 0 Å². The fourth-order valence-electron chi connectivity index (χ4n) is 8.50. The van der Waals surface area contributed by atoms with Crippen LogP contribution >= 0.6 is 0 Å². The first-order chi connectivity index (χ1) is 27.7. The SMILES string of the molecule is c1ccc2c(-c3nc(-c4ccc5cc6c(cc5c4)oc4ccccc46)nc(-c4ccc(-c5cccc6oc7ccccc7c56)c5ccccc45)n3)cccc2c1. The molecular weight excluding hydrogens is 687 g/mol. The minimum absolute atomic E-state index is 0.604. The molecule has 12 rings (SSSR count). The van der Waals surface area contributed by atoms with Gasteiger partial charge in [-0.3, -0.25) is 0 Å². The maximum atomic E-state index is 6.29. The van der Waals surface area contributed by atoms with Crippen molar-refractivity contribution in [2.75, 3.05) is 0 Å². The molecule has 3 aromatic heterocycles. The van der Waals surface area contributed by atoms with Crippen molar-refractivity contribution in [3.8, 4) is 45.3 Å². The van der Waals surface area contributed by atoms with E-state index in [4.69, 9.17) is 23.8 Å². The monoisotopic (exact) mass is 715 g/mol. The molecule has 0 aliphatic heterocycles. The second kappa shape index (κ2) is 11.9. The highest BCUT2D eigenvalue weighted by atomic mass is 16.3. The third kappa shape index (κ3) is 4.71. The Morgan fingerprint density at radius 3 is 1.70 bits per heavy atom. The van der Waals surface area contributed by atoms with Gasteiger partial charge >= 0.3 is 0 Å². The van der Waals surface area contributed by atoms with Crippen LogP contribution in [0.3, 0.4) is 0 Å². The Kier molecular flexibility index (Phi) is 6.56. The van der Waals surface area contributed by atoms with Gasteiger partial charge in [0.15, 0.2) is 17.5 Å². The van der Waals surface area contributed by atoms with Crippen LogP contribution in [0.5, 0.6) is 0 Å². The molecule has 3 heterocycles. The highest BCUT2D eigenvalue weighted by Gasteiger charge is 2.20. The van der Waals surface area contributed by atoms with Crippen molar-refractivity contribution in [3.05, 3.63) is 176 Å². The molecule has 0 amide bonds. The maximum Gasteiger partial charge on any atom is 0.164 e. The van der Waals surface area contributed by atoms with Gasteiger partial charge in [-0.2, -0.15) is 0 Å². The average molecular weight is 716 g/mol. The van der Waals surface area contributed by atoms with Crippen LogP contribution in [0.2, 0.25) is 0 Å². The second-order valence-corrected chi connectivity index (χ2v) is 14.3. The molecule has 0 aliphatic carbocycles. The number of fused-ring (bicyclic) bond motifs is 9. The van der Waals surface area contributed by atoms with Crippen LogP contribution < -0.4 is 0 Å². The van der Waals surface area contributed by atoms with Crippen molar-refractivity contribution >= 4 is 76.2 Å². The zero-order valence-corrected chi connectivity index (χ0v) is 29.9. The van der Waals surface area contributed by atoms with Crippen LogP contribution in [0.4, 0.5) is 0 Å². The summed E-state index contributed by atoms with van der Waals surface area (Å²) in [6.07, 6.45) is 0. The standard InChI is InChI=1S/C51H29N3O2/c1-2-13-34-30(11-1)12-9-19-40(34)50-52-49(32-24-23-31-28-43-38-16-5-7-20-44(38)56-47(43)29-33(31)27-32)53-51(54-50)41-26-25-37(35-14-3-4-15-36(35)41)39-18-10-22-46-48(39)42-17-6-8-21-45(42)55-46/h1-29H. The molecule has 9 aromatic carbocycles. The fraction of sp³-hybridized carbons (Fsp3) is 0. The molecule has 0 N–H and O–H groups in total. The molecule has 0 spiro atoms. The molecule has 5 heteroatoms. The van der Waals surface area contributed by atoms with Crippen LogP contribution in [-0.2, 0) is 0 Å². The van der Waals surface area contributed by atoms with E-state index in [2.05, 4.69) is 146 Å². The van der Waals surface area contributed by atoms with E-state index in [0.29, 0.717) is 17.5 Å². The van der Waals surface area contributed by atoms with Gasteiger partial charge in [0.2, 0.25) is 0 Å². The minimum atomic E-state index is 0.604. The van der Waals surface area contributed by atoms with E-state index >= 15 is 0 Å². The molecule has 56 heavy (non-hydrogen) atoms. The largest absolute Gasteiger partial charge is 0.456 e. The highest BCUT2D eigenvalue weighted by molar-refractivity contribution is 6.16. The fourth-order valence-corrected chi connectivity index (χ4v) is 8.50. The lowest BCUT2D eigenvalue weighted by molar-refractivity contribution is 0.669. The molecule has 0 unspecified atom stereocenters. The van der Waals surface area contributed by atoms with E-state index in [-0.39, 0.29) is 0 Å². The van der Waals surface area contributed by atoms with E-state index < -0.39 is 0 Å². The molecule has 0 radical (unpaired) electrons. The van der Waals surface area contributed by atoms with Gasteiger partial charge < -0.3 is 8.83 Å². The highest BCUT2D eigenvalue weighted by Crippen LogP contribution is 2.42. The predicted octanol–water partition coefficient (Wildman–Crippen LogP) is 13.8. The van der Waals surface area contributed by atoms with Crippen molar-refractivity contribution < 1.29 is 8.83 Å². The Bertz CT molecular complexity index is 3550. The summed E-state index contributed by atoms with van der Waals surface area (Å²) in [7, 11) is 0. The average Bonchev–Trinajstić information content (AvgIpc) is 3.82. The summed E-state index contributed by atoms with van der Waals surface area (Å²) in [6, 6.07) is 61.0. The van der Waals surface area contributed by atoms with Gasteiger partial charge in [-0.1, -0.05) is 133 Å². The Balaban J connectivity index is 1.08. The number of benzene rings is 9. The normalized spacial score (nSPS) is 11.9. The van der Waals surface area contributed by atoms with Crippen molar-refractivity contribution in [3.63, 3.8) is 0 Å². The van der Waals surface area contributed by atoms with E-state index in [0.717, 1.165) is 104 Å². The zero-order valence-electron chi connectivity index (χ0n) is 29.9. The number of nitrogens with zero attached hydrogens (tertiary/aromatic N) is 3.